The molecule has 1 atom stereocenters. The lowest BCUT2D eigenvalue weighted by Gasteiger charge is -2.34. The van der Waals surface area contributed by atoms with Gasteiger partial charge in [0.2, 0.25) is 11.8 Å². The molecule has 3 rings (SSSR count). The number of amides is 2. The van der Waals surface area contributed by atoms with Gasteiger partial charge in [0, 0.05) is 12.6 Å². The Labute approximate surface area is 238 Å². The van der Waals surface area contributed by atoms with Gasteiger partial charge in [-0.2, -0.15) is 0 Å². The number of carbonyl (C=O) groups excluding carboxylic acids is 2. The van der Waals surface area contributed by atoms with Gasteiger partial charge in [-0.15, -0.1) is 0 Å². The lowest BCUT2D eigenvalue weighted by atomic mass is 10.1. The maximum absolute atomic E-state index is 14.1. The van der Waals surface area contributed by atoms with Crippen molar-refractivity contribution in [1.82, 2.24) is 10.2 Å². The molecule has 0 unspecified atom stereocenters. The van der Waals surface area contributed by atoms with Crippen LogP contribution in [-0.2, 0) is 26.2 Å². The first-order valence-corrected chi connectivity index (χ1v) is 14.8. The maximum Gasteiger partial charge on any atom is 0.264 e. The summed E-state index contributed by atoms with van der Waals surface area (Å²) in [7, 11) is -2.73. The largest absolute Gasteiger partial charge is 0.495 e. The Morgan fingerprint density at radius 2 is 1.60 bits per heavy atom. The smallest absolute Gasteiger partial charge is 0.264 e. The number of para-hydroxylation sites is 2. The normalized spacial score (nSPS) is 12.1. The Balaban J connectivity index is 2.10. The van der Waals surface area contributed by atoms with Crippen LogP contribution < -0.4 is 14.4 Å². The number of benzene rings is 3. The van der Waals surface area contributed by atoms with Crippen LogP contribution in [0.5, 0.6) is 5.75 Å². The fourth-order valence-corrected chi connectivity index (χ4v) is 5.92. The van der Waals surface area contributed by atoms with Crippen molar-refractivity contribution in [2.75, 3.05) is 18.0 Å². The third kappa shape index (κ3) is 7.41. The summed E-state index contributed by atoms with van der Waals surface area (Å²) < 4.78 is 34.6. The molecule has 0 saturated heterocycles. The number of nitrogens with zero attached hydrogens (tertiary/aromatic N) is 2. The summed E-state index contributed by atoms with van der Waals surface area (Å²) in [5.74, 6) is -0.488. The third-order valence-electron chi connectivity index (χ3n) is 6.49. The molecule has 8 nitrogen and oxygen atoms in total. The molecule has 0 bridgehead atoms. The van der Waals surface area contributed by atoms with Crippen molar-refractivity contribution in [1.29, 1.82) is 0 Å². The summed E-state index contributed by atoms with van der Waals surface area (Å²) in [6.45, 7) is 9.00. The second-order valence-electron chi connectivity index (χ2n) is 10.1. The first-order chi connectivity index (χ1) is 19.0. The van der Waals surface area contributed by atoms with Gasteiger partial charge < -0.3 is 15.0 Å². The molecule has 9 heteroatoms. The summed E-state index contributed by atoms with van der Waals surface area (Å²) in [4.78, 5) is 28.9. The van der Waals surface area contributed by atoms with Crippen LogP contribution in [0, 0.1) is 13.8 Å². The van der Waals surface area contributed by atoms with Crippen LogP contribution in [0.1, 0.15) is 43.9 Å². The van der Waals surface area contributed by atoms with Crippen molar-refractivity contribution in [3.05, 3.63) is 89.5 Å². The lowest BCUT2D eigenvalue weighted by molar-refractivity contribution is -0.140. The summed E-state index contributed by atoms with van der Waals surface area (Å²) in [5, 5.41) is 2.91. The topological polar surface area (TPSA) is 96.0 Å². The van der Waals surface area contributed by atoms with E-state index in [2.05, 4.69) is 5.32 Å². The highest BCUT2D eigenvalue weighted by molar-refractivity contribution is 7.92. The number of methoxy groups -OCH3 is 1. The summed E-state index contributed by atoms with van der Waals surface area (Å²) in [5.41, 5.74) is 3.00. The predicted octanol–water partition coefficient (Wildman–Crippen LogP) is 4.84. The molecule has 0 fully saturated rings. The molecule has 0 spiro atoms. The van der Waals surface area contributed by atoms with E-state index < -0.39 is 28.5 Å². The molecular weight excluding hydrogens is 526 g/mol. The maximum atomic E-state index is 14.1. The van der Waals surface area contributed by atoms with Crippen LogP contribution >= 0.6 is 0 Å². The Morgan fingerprint density at radius 1 is 0.925 bits per heavy atom. The molecule has 2 amide bonds. The van der Waals surface area contributed by atoms with E-state index in [1.165, 1.54) is 24.1 Å². The van der Waals surface area contributed by atoms with Crippen LogP contribution in [0.25, 0.3) is 0 Å². The zero-order valence-electron chi connectivity index (χ0n) is 24.0. The van der Waals surface area contributed by atoms with Gasteiger partial charge in [0.25, 0.3) is 10.0 Å². The molecule has 1 N–H and O–H groups in total. The minimum Gasteiger partial charge on any atom is -0.495 e. The van der Waals surface area contributed by atoms with E-state index in [9.17, 15) is 18.0 Å². The van der Waals surface area contributed by atoms with Gasteiger partial charge in [-0.3, -0.25) is 13.9 Å². The number of hydrogen-bond donors (Lipinski definition) is 1. The van der Waals surface area contributed by atoms with Gasteiger partial charge >= 0.3 is 0 Å². The lowest BCUT2D eigenvalue weighted by Crippen LogP contribution is -2.53. The van der Waals surface area contributed by atoms with Crippen molar-refractivity contribution >= 4 is 27.5 Å². The van der Waals surface area contributed by atoms with Gasteiger partial charge in [-0.05, 0) is 63.9 Å². The number of hydrogen-bond acceptors (Lipinski definition) is 5. The van der Waals surface area contributed by atoms with Crippen LogP contribution in [0.15, 0.2) is 77.7 Å². The van der Waals surface area contributed by atoms with Crippen molar-refractivity contribution in [3.63, 3.8) is 0 Å². The minimum atomic E-state index is -4.18. The highest BCUT2D eigenvalue weighted by Gasteiger charge is 2.34. The van der Waals surface area contributed by atoms with E-state index in [-0.39, 0.29) is 29.1 Å². The molecular formula is C31H39N3O5S. The van der Waals surface area contributed by atoms with Crippen LogP contribution in [0.3, 0.4) is 0 Å². The fraction of sp³-hybridized carbons (Fsp3) is 0.355. The second-order valence-corrected chi connectivity index (χ2v) is 12.0. The molecule has 0 radical (unpaired) electrons. The van der Waals surface area contributed by atoms with E-state index in [1.54, 1.807) is 36.4 Å². The highest BCUT2D eigenvalue weighted by atomic mass is 32.2. The third-order valence-corrected chi connectivity index (χ3v) is 8.27. The Hall–Kier alpha value is -3.85. The van der Waals surface area contributed by atoms with Gasteiger partial charge in [-0.25, -0.2) is 8.42 Å². The van der Waals surface area contributed by atoms with Gasteiger partial charge in [0.15, 0.2) is 0 Å². The molecule has 0 aliphatic heterocycles. The SMILES string of the molecule is CC[C@H](C(=O)NC(C)C)N(Cc1cccc(C)c1)C(=O)CN(c1ccccc1OC)S(=O)(=O)c1ccc(C)cc1. The number of nitrogens with one attached hydrogen (secondary N) is 1. The molecule has 3 aromatic carbocycles. The molecule has 0 aromatic heterocycles. The Bertz CT molecular complexity index is 1420. The molecule has 0 aliphatic rings. The van der Waals surface area contributed by atoms with E-state index in [0.29, 0.717) is 12.2 Å². The average molecular weight is 566 g/mol. The first-order valence-electron chi connectivity index (χ1n) is 13.4. The summed E-state index contributed by atoms with van der Waals surface area (Å²) in [6.07, 6.45) is 0.357. The Kier molecular flexibility index (Phi) is 10.3. The molecule has 214 valence electrons. The van der Waals surface area contributed by atoms with Gasteiger partial charge in [0.05, 0.1) is 17.7 Å². The monoisotopic (exact) mass is 565 g/mol. The van der Waals surface area contributed by atoms with E-state index in [4.69, 9.17) is 4.74 Å². The number of anilines is 1. The average Bonchev–Trinajstić information content (AvgIpc) is 2.91. The Morgan fingerprint density at radius 3 is 2.20 bits per heavy atom. The fourth-order valence-electron chi connectivity index (χ4n) is 4.49. The van der Waals surface area contributed by atoms with E-state index >= 15 is 0 Å². The first kappa shape index (κ1) is 30.7. The van der Waals surface area contributed by atoms with Crippen LogP contribution in [-0.4, -0.2) is 50.9 Å². The number of sulfonamides is 1. The van der Waals surface area contributed by atoms with Crippen molar-refractivity contribution in [2.45, 2.75) is 64.6 Å². The molecule has 3 aromatic rings. The van der Waals surface area contributed by atoms with Gasteiger partial charge in [0.1, 0.15) is 18.3 Å². The summed E-state index contributed by atoms with van der Waals surface area (Å²) in [6, 6.07) is 19.9. The van der Waals surface area contributed by atoms with Crippen LogP contribution in [0.4, 0.5) is 5.69 Å². The predicted molar refractivity (Wildman–Crippen MR) is 158 cm³/mol. The highest BCUT2D eigenvalue weighted by Crippen LogP contribution is 2.32. The van der Waals surface area contributed by atoms with E-state index in [1.807, 2.05) is 58.9 Å². The van der Waals surface area contributed by atoms with E-state index in [0.717, 1.165) is 21.0 Å². The zero-order valence-corrected chi connectivity index (χ0v) is 24.9. The number of ether oxygens (including phenoxy) is 1. The van der Waals surface area contributed by atoms with Crippen LogP contribution in [0.2, 0.25) is 0 Å². The second kappa shape index (κ2) is 13.5. The van der Waals surface area contributed by atoms with Crippen molar-refractivity contribution in [2.24, 2.45) is 0 Å². The quantitative estimate of drug-likeness (QED) is 0.339. The number of rotatable bonds is 12. The zero-order chi connectivity index (χ0) is 29.4. The molecule has 0 saturated carbocycles. The molecule has 0 aliphatic carbocycles. The van der Waals surface area contributed by atoms with Crippen molar-refractivity contribution < 1.29 is 22.7 Å². The standard InChI is InChI=1S/C31H39N3O5S/c1-7-27(31(36)32-22(2)3)33(20-25-12-10-11-24(5)19-25)30(35)21-34(28-13-8-9-14-29(28)39-6)40(37,38)26-17-15-23(4)16-18-26/h8-19,22,27H,7,20-21H2,1-6H3,(H,32,36)/t27-/m1/s1. The van der Waals surface area contributed by atoms with Crippen molar-refractivity contribution in [3.8, 4) is 5.75 Å². The summed E-state index contributed by atoms with van der Waals surface area (Å²) >= 11 is 0. The minimum absolute atomic E-state index is 0.0478. The van der Waals surface area contributed by atoms with Gasteiger partial charge in [-0.1, -0.05) is 66.6 Å². The molecule has 40 heavy (non-hydrogen) atoms. The molecule has 0 heterocycles. The number of carbonyl (C=O) groups is 2. The number of aryl methyl sites for hydroxylation is 2.